The summed E-state index contributed by atoms with van der Waals surface area (Å²) in [6.45, 7) is 1.96. The number of rotatable bonds is 9. The van der Waals surface area contributed by atoms with Crippen molar-refractivity contribution in [1.29, 1.82) is 0 Å². The summed E-state index contributed by atoms with van der Waals surface area (Å²) in [4.78, 5) is 15.6. The summed E-state index contributed by atoms with van der Waals surface area (Å²) >= 11 is 5.87. The molecule has 0 radical (unpaired) electrons. The molecule has 29 heavy (non-hydrogen) atoms. The molecule has 7 nitrogen and oxygen atoms in total. The number of alkyl halides is 3. The van der Waals surface area contributed by atoms with Crippen molar-refractivity contribution in [2.24, 2.45) is 0 Å². The zero-order valence-electron chi connectivity index (χ0n) is 15.4. The number of ether oxygens (including phenoxy) is 1. The molecule has 2 aromatic rings. The lowest BCUT2D eigenvalue weighted by Crippen LogP contribution is -2.31. The lowest BCUT2D eigenvalue weighted by molar-refractivity contribution is -0.136. The second-order valence-electron chi connectivity index (χ2n) is 6.05. The van der Waals surface area contributed by atoms with Crippen LogP contribution in [0.4, 0.5) is 13.2 Å². The molecule has 12 heteroatoms. The summed E-state index contributed by atoms with van der Waals surface area (Å²) in [7, 11) is -4.24. The van der Waals surface area contributed by atoms with Crippen LogP contribution in [0.15, 0.2) is 35.5 Å². The van der Waals surface area contributed by atoms with E-state index in [4.69, 9.17) is 16.3 Å². The van der Waals surface area contributed by atoms with Crippen molar-refractivity contribution >= 4 is 27.5 Å². The molecule has 1 aromatic carbocycles. The first kappa shape index (κ1) is 23.0. The van der Waals surface area contributed by atoms with E-state index in [0.717, 1.165) is 23.7 Å². The largest absolute Gasteiger partial charge is 0.494 e. The van der Waals surface area contributed by atoms with Gasteiger partial charge in [0.2, 0.25) is 0 Å². The number of benzene rings is 1. The maximum Gasteiger partial charge on any atom is 0.390 e. The highest BCUT2D eigenvalue weighted by Gasteiger charge is 2.28. The third-order valence-corrected chi connectivity index (χ3v) is 5.50. The lowest BCUT2D eigenvalue weighted by Gasteiger charge is -2.09. The summed E-state index contributed by atoms with van der Waals surface area (Å²) in [6, 6.07) is 5.43. The number of amides is 1. The molecule has 0 bridgehead atoms. The first-order chi connectivity index (χ1) is 13.5. The zero-order valence-corrected chi connectivity index (χ0v) is 16.9. The zero-order chi connectivity index (χ0) is 21.7. The third kappa shape index (κ3) is 6.64. The number of hydrogen-bond donors (Lipinski definition) is 1. The van der Waals surface area contributed by atoms with E-state index >= 15 is 0 Å². The van der Waals surface area contributed by atoms with E-state index in [1.54, 1.807) is 4.72 Å². The van der Waals surface area contributed by atoms with E-state index < -0.39 is 40.8 Å². The number of halogens is 4. The minimum Gasteiger partial charge on any atom is -0.494 e. The Kier molecular flexibility index (Phi) is 7.53. The highest BCUT2D eigenvalue weighted by atomic mass is 35.5. The Bertz CT molecular complexity index is 944. The number of imidazole rings is 1. The predicted octanol–water partition coefficient (Wildman–Crippen LogP) is 3.79. The fraction of sp³-hybridized carbons (Fsp3) is 0.412. The van der Waals surface area contributed by atoms with Gasteiger partial charge in [0.1, 0.15) is 10.9 Å². The Morgan fingerprint density at radius 1 is 1.28 bits per heavy atom. The number of carbonyl (C=O) groups excluding carboxylic acids is 1. The normalized spacial score (nSPS) is 12.0. The number of unbranched alkanes of at least 4 members (excludes halogenated alkanes) is 1. The van der Waals surface area contributed by atoms with Crippen LogP contribution in [0, 0.1) is 0 Å². The van der Waals surface area contributed by atoms with E-state index in [9.17, 15) is 26.4 Å². The Balaban J connectivity index is 2.06. The van der Waals surface area contributed by atoms with Crippen molar-refractivity contribution < 1.29 is 31.1 Å². The van der Waals surface area contributed by atoms with Gasteiger partial charge in [0.05, 0.1) is 24.3 Å². The van der Waals surface area contributed by atoms with Gasteiger partial charge in [-0.1, -0.05) is 24.9 Å². The van der Waals surface area contributed by atoms with Gasteiger partial charge in [0.15, 0.2) is 5.69 Å². The second kappa shape index (κ2) is 9.49. The van der Waals surface area contributed by atoms with E-state index in [2.05, 4.69) is 4.98 Å². The van der Waals surface area contributed by atoms with Gasteiger partial charge < -0.3 is 9.30 Å². The fourth-order valence-electron chi connectivity index (χ4n) is 2.20. The minimum absolute atomic E-state index is 0.193. The average Bonchev–Trinajstić information content (AvgIpc) is 3.00. The molecule has 0 aliphatic heterocycles. The molecule has 0 saturated carbocycles. The smallest absolute Gasteiger partial charge is 0.390 e. The SMILES string of the molecule is CCCCOc1ccc(S(=O)(=O)NC(=O)c2ncn(CCC(F)(F)F)c2Cl)cc1. The number of nitrogens with one attached hydrogen (secondary N) is 1. The summed E-state index contributed by atoms with van der Waals surface area (Å²) in [5.74, 6) is -0.667. The molecule has 1 N–H and O–H groups in total. The molecule has 1 heterocycles. The molecule has 0 saturated heterocycles. The number of sulfonamides is 1. The number of hydrogen-bond acceptors (Lipinski definition) is 5. The summed E-state index contributed by atoms with van der Waals surface area (Å²) in [6.07, 6.45) is -2.83. The summed E-state index contributed by atoms with van der Waals surface area (Å²) in [5, 5.41) is -0.387. The summed E-state index contributed by atoms with van der Waals surface area (Å²) < 4.78 is 69.8. The van der Waals surface area contributed by atoms with Gasteiger partial charge in [0.25, 0.3) is 15.9 Å². The van der Waals surface area contributed by atoms with Crippen molar-refractivity contribution in [3.8, 4) is 5.75 Å². The van der Waals surface area contributed by atoms with Gasteiger partial charge in [-0.3, -0.25) is 4.79 Å². The Labute approximate surface area is 170 Å². The molecule has 0 spiro atoms. The van der Waals surface area contributed by atoms with Crippen LogP contribution < -0.4 is 9.46 Å². The van der Waals surface area contributed by atoms with Crippen LogP contribution in [0.1, 0.15) is 36.7 Å². The van der Waals surface area contributed by atoms with Crippen LogP contribution in [0.2, 0.25) is 5.15 Å². The molecule has 1 aromatic heterocycles. The predicted molar refractivity (Wildman–Crippen MR) is 99.4 cm³/mol. The molecule has 1 amide bonds. The van der Waals surface area contributed by atoms with E-state index in [-0.39, 0.29) is 10.0 Å². The highest BCUT2D eigenvalue weighted by molar-refractivity contribution is 7.90. The number of aromatic nitrogens is 2. The summed E-state index contributed by atoms with van der Waals surface area (Å²) in [5.41, 5.74) is -0.489. The van der Waals surface area contributed by atoms with Gasteiger partial charge >= 0.3 is 6.18 Å². The average molecular weight is 454 g/mol. The maximum atomic E-state index is 12.4. The van der Waals surface area contributed by atoms with E-state index in [0.29, 0.717) is 12.4 Å². The van der Waals surface area contributed by atoms with Crippen molar-refractivity contribution in [2.45, 2.75) is 43.8 Å². The van der Waals surface area contributed by atoms with Gasteiger partial charge in [-0.05, 0) is 30.7 Å². The Morgan fingerprint density at radius 2 is 1.93 bits per heavy atom. The first-order valence-electron chi connectivity index (χ1n) is 8.61. The number of nitrogens with zero attached hydrogens (tertiary/aromatic N) is 2. The minimum atomic E-state index is -4.41. The molecule has 0 fully saturated rings. The van der Waals surface area contributed by atoms with Gasteiger partial charge in [-0.15, -0.1) is 0 Å². The highest BCUT2D eigenvalue weighted by Crippen LogP contribution is 2.23. The number of carbonyl (C=O) groups is 1. The molecule has 160 valence electrons. The fourth-order valence-corrected chi connectivity index (χ4v) is 3.42. The van der Waals surface area contributed by atoms with Crippen LogP contribution >= 0.6 is 11.6 Å². The van der Waals surface area contributed by atoms with Crippen LogP contribution in [0.25, 0.3) is 0 Å². The second-order valence-corrected chi connectivity index (χ2v) is 8.09. The van der Waals surface area contributed by atoms with Crippen LogP contribution in [-0.4, -0.2) is 36.7 Å². The molecule has 0 aliphatic carbocycles. The molecule has 0 aliphatic rings. The van der Waals surface area contributed by atoms with Crippen molar-refractivity contribution in [2.75, 3.05) is 6.61 Å². The maximum absolute atomic E-state index is 12.4. The molecular weight excluding hydrogens is 435 g/mol. The van der Waals surface area contributed by atoms with Crippen molar-refractivity contribution in [1.82, 2.24) is 14.3 Å². The third-order valence-electron chi connectivity index (χ3n) is 3.75. The van der Waals surface area contributed by atoms with Crippen molar-refractivity contribution in [3.63, 3.8) is 0 Å². The first-order valence-corrected chi connectivity index (χ1v) is 10.5. The quantitative estimate of drug-likeness (QED) is 0.583. The molecule has 2 rings (SSSR count). The number of aryl methyl sites for hydroxylation is 1. The van der Waals surface area contributed by atoms with Gasteiger partial charge in [-0.2, -0.15) is 13.2 Å². The van der Waals surface area contributed by atoms with Gasteiger partial charge in [0, 0.05) is 6.54 Å². The van der Waals surface area contributed by atoms with Crippen LogP contribution in [0.3, 0.4) is 0 Å². The lowest BCUT2D eigenvalue weighted by atomic mass is 10.3. The van der Waals surface area contributed by atoms with E-state index in [1.807, 2.05) is 6.92 Å². The molecular formula is C17H19ClF3N3O4S. The monoisotopic (exact) mass is 453 g/mol. The van der Waals surface area contributed by atoms with Crippen LogP contribution in [-0.2, 0) is 16.6 Å². The molecule has 0 unspecified atom stereocenters. The standard InChI is InChI=1S/C17H19ClF3N3O4S/c1-2-3-10-28-12-4-6-13(7-5-12)29(26,27)23-16(25)14-15(18)24(11-22-14)9-8-17(19,20)21/h4-7,11H,2-3,8-10H2,1H3,(H,23,25). The van der Waals surface area contributed by atoms with E-state index in [1.165, 1.54) is 24.3 Å². The Morgan fingerprint density at radius 3 is 2.52 bits per heavy atom. The van der Waals surface area contributed by atoms with Gasteiger partial charge in [-0.25, -0.2) is 18.1 Å². The van der Waals surface area contributed by atoms with Crippen molar-refractivity contribution in [3.05, 3.63) is 41.4 Å². The van der Waals surface area contributed by atoms with Crippen LogP contribution in [0.5, 0.6) is 5.75 Å². The molecule has 0 atom stereocenters. The Hall–Kier alpha value is -2.27. The topological polar surface area (TPSA) is 90.3 Å².